The third-order valence-corrected chi connectivity index (χ3v) is 2.83. The molecule has 2 N–H and O–H groups in total. The molecular formula is C13H17FN2O3. The quantitative estimate of drug-likeness (QED) is 0.813. The van der Waals surface area contributed by atoms with Crippen LogP contribution in [0.25, 0.3) is 0 Å². The van der Waals surface area contributed by atoms with Gasteiger partial charge in [-0.25, -0.2) is 9.18 Å². The monoisotopic (exact) mass is 268 g/mol. The van der Waals surface area contributed by atoms with Gasteiger partial charge in [0, 0.05) is 0 Å². The van der Waals surface area contributed by atoms with Gasteiger partial charge in [-0.2, -0.15) is 0 Å². The first-order valence-electron chi connectivity index (χ1n) is 5.70. The highest BCUT2D eigenvalue weighted by Crippen LogP contribution is 2.18. The van der Waals surface area contributed by atoms with E-state index in [9.17, 15) is 14.0 Å². The number of methoxy groups -OCH3 is 1. The van der Waals surface area contributed by atoms with Gasteiger partial charge in [0.05, 0.1) is 23.9 Å². The molecule has 19 heavy (non-hydrogen) atoms. The van der Waals surface area contributed by atoms with Crippen LogP contribution in [0.1, 0.15) is 24.2 Å². The minimum absolute atomic E-state index is 0.0591. The van der Waals surface area contributed by atoms with Gasteiger partial charge < -0.3 is 15.4 Å². The van der Waals surface area contributed by atoms with Crippen LogP contribution in [-0.4, -0.2) is 31.6 Å². The number of hydrogen-bond donors (Lipinski definition) is 2. The van der Waals surface area contributed by atoms with Crippen LogP contribution in [0, 0.1) is 5.82 Å². The van der Waals surface area contributed by atoms with Gasteiger partial charge in [0.2, 0.25) is 5.91 Å². The Kier molecular flexibility index (Phi) is 4.61. The largest absolute Gasteiger partial charge is 0.465 e. The lowest BCUT2D eigenvalue weighted by Gasteiger charge is -2.23. The van der Waals surface area contributed by atoms with E-state index in [1.807, 2.05) is 0 Å². The van der Waals surface area contributed by atoms with E-state index in [1.165, 1.54) is 19.2 Å². The molecule has 6 heteroatoms. The molecule has 0 saturated heterocycles. The average Bonchev–Trinajstić information content (AvgIpc) is 2.40. The summed E-state index contributed by atoms with van der Waals surface area (Å²) in [4.78, 5) is 23.3. The summed E-state index contributed by atoms with van der Waals surface area (Å²) in [6, 6.07) is 3.64. The molecule has 104 valence electrons. The van der Waals surface area contributed by atoms with Crippen molar-refractivity contribution in [1.82, 2.24) is 5.32 Å². The van der Waals surface area contributed by atoms with E-state index >= 15 is 0 Å². The maximum Gasteiger partial charge on any atom is 0.337 e. The Morgan fingerprint density at radius 1 is 1.32 bits per heavy atom. The second kappa shape index (κ2) is 5.79. The van der Waals surface area contributed by atoms with Gasteiger partial charge in [0.1, 0.15) is 5.82 Å². The topological polar surface area (TPSA) is 67.4 Å². The molecule has 1 aromatic rings. The molecule has 1 aromatic carbocycles. The maximum atomic E-state index is 13.6. The summed E-state index contributed by atoms with van der Waals surface area (Å²) in [7, 11) is 2.86. The number of ether oxygens (including phenoxy) is 1. The van der Waals surface area contributed by atoms with Crippen molar-refractivity contribution in [2.24, 2.45) is 0 Å². The molecule has 0 radical (unpaired) electrons. The van der Waals surface area contributed by atoms with Crippen LogP contribution < -0.4 is 10.6 Å². The fourth-order valence-corrected chi connectivity index (χ4v) is 1.26. The van der Waals surface area contributed by atoms with Crippen LogP contribution in [0.5, 0.6) is 0 Å². The summed E-state index contributed by atoms with van der Waals surface area (Å²) in [5.41, 5.74) is -0.744. The number of likely N-dealkylation sites (N-methyl/N-ethyl adjacent to an activating group) is 1. The Morgan fingerprint density at radius 2 is 1.95 bits per heavy atom. The average molecular weight is 268 g/mol. The molecular weight excluding hydrogens is 251 g/mol. The van der Waals surface area contributed by atoms with Crippen LogP contribution in [0.15, 0.2) is 18.2 Å². The van der Waals surface area contributed by atoms with E-state index in [-0.39, 0.29) is 11.3 Å². The lowest BCUT2D eigenvalue weighted by atomic mass is 10.0. The Balaban J connectivity index is 3.01. The third-order valence-electron chi connectivity index (χ3n) is 2.83. The Bertz CT molecular complexity index is 501. The number of hydrogen-bond acceptors (Lipinski definition) is 4. The molecule has 0 aliphatic carbocycles. The minimum atomic E-state index is -0.853. The summed E-state index contributed by atoms with van der Waals surface area (Å²) in [5.74, 6) is -1.62. The number of esters is 1. The van der Waals surface area contributed by atoms with Crippen molar-refractivity contribution in [3.05, 3.63) is 29.6 Å². The molecule has 1 rings (SSSR count). The molecule has 0 atom stereocenters. The number of carbonyl (C=O) groups excluding carboxylic acids is 2. The lowest BCUT2D eigenvalue weighted by Crippen LogP contribution is -2.48. The number of amides is 1. The van der Waals surface area contributed by atoms with Gasteiger partial charge in [0.15, 0.2) is 0 Å². The van der Waals surface area contributed by atoms with Gasteiger partial charge in [-0.15, -0.1) is 0 Å². The fraction of sp³-hybridized carbons (Fsp3) is 0.385. The van der Waals surface area contributed by atoms with Gasteiger partial charge in [-0.1, -0.05) is 0 Å². The smallest absolute Gasteiger partial charge is 0.337 e. The molecule has 0 unspecified atom stereocenters. The standard InChI is InChI=1S/C13H17FN2O3/c1-13(2,15-3)12(18)16-10-7-8(11(17)19-4)5-6-9(10)14/h5-7,15H,1-4H3,(H,16,18). The molecule has 0 fully saturated rings. The van der Waals surface area contributed by atoms with Crippen molar-refractivity contribution in [2.75, 3.05) is 19.5 Å². The molecule has 0 aliphatic rings. The Labute approximate surface area is 111 Å². The van der Waals surface area contributed by atoms with E-state index in [1.54, 1.807) is 20.9 Å². The maximum absolute atomic E-state index is 13.6. The zero-order chi connectivity index (χ0) is 14.6. The number of benzene rings is 1. The van der Waals surface area contributed by atoms with Gasteiger partial charge in [0.25, 0.3) is 0 Å². The predicted molar refractivity (Wildman–Crippen MR) is 69.5 cm³/mol. The summed E-state index contributed by atoms with van der Waals surface area (Å²) in [6.07, 6.45) is 0. The highest BCUT2D eigenvalue weighted by Gasteiger charge is 2.26. The van der Waals surface area contributed by atoms with Crippen molar-refractivity contribution in [2.45, 2.75) is 19.4 Å². The van der Waals surface area contributed by atoms with Crippen molar-refractivity contribution >= 4 is 17.6 Å². The summed E-state index contributed by atoms with van der Waals surface area (Å²) < 4.78 is 18.1. The molecule has 5 nitrogen and oxygen atoms in total. The molecule has 0 bridgehead atoms. The zero-order valence-corrected chi connectivity index (χ0v) is 11.3. The lowest BCUT2D eigenvalue weighted by molar-refractivity contribution is -0.121. The molecule has 0 spiro atoms. The minimum Gasteiger partial charge on any atom is -0.465 e. The molecule has 0 heterocycles. The zero-order valence-electron chi connectivity index (χ0n) is 11.3. The van der Waals surface area contributed by atoms with E-state index in [4.69, 9.17) is 0 Å². The normalized spacial score (nSPS) is 11.0. The number of nitrogens with one attached hydrogen (secondary N) is 2. The van der Waals surface area contributed by atoms with Gasteiger partial charge in [-0.3, -0.25) is 4.79 Å². The van der Waals surface area contributed by atoms with Crippen LogP contribution in [0.3, 0.4) is 0 Å². The number of rotatable bonds is 4. The summed E-state index contributed by atoms with van der Waals surface area (Å²) in [6.45, 7) is 3.31. The molecule has 0 aromatic heterocycles. The van der Waals surface area contributed by atoms with E-state index in [0.717, 1.165) is 6.07 Å². The first-order valence-corrected chi connectivity index (χ1v) is 5.70. The van der Waals surface area contributed by atoms with Crippen molar-refractivity contribution in [3.63, 3.8) is 0 Å². The number of halogens is 1. The molecule has 0 aliphatic heterocycles. The Morgan fingerprint density at radius 3 is 2.47 bits per heavy atom. The SMILES string of the molecule is CNC(C)(C)C(=O)Nc1cc(C(=O)OC)ccc1F. The first kappa shape index (κ1) is 15.1. The summed E-state index contributed by atoms with van der Waals surface area (Å²) in [5, 5.41) is 5.24. The van der Waals surface area contributed by atoms with E-state index in [0.29, 0.717) is 0 Å². The molecule has 0 saturated carbocycles. The second-order valence-electron chi connectivity index (χ2n) is 4.52. The van der Waals surface area contributed by atoms with Crippen molar-refractivity contribution < 1.29 is 18.7 Å². The van der Waals surface area contributed by atoms with Crippen LogP contribution in [-0.2, 0) is 9.53 Å². The van der Waals surface area contributed by atoms with Gasteiger partial charge in [-0.05, 0) is 39.1 Å². The fourth-order valence-electron chi connectivity index (χ4n) is 1.26. The second-order valence-corrected chi connectivity index (χ2v) is 4.52. The summed E-state index contributed by atoms with van der Waals surface area (Å²) >= 11 is 0. The van der Waals surface area contributed by atoms with E-state index < -0.39 is 23.2 Å². The number of anilines is 1. The van der Waals surface area contributed by atoms with Crippen molar-refractivity contribution in [1.29, 1.82) is 0 Å². The molecule has 1 amide bonds. The van der Waals surface area contributed by atoms with Crippen LogP contribution in [0.4, 0.5) is 10.1 Å². The first-order chi connectivity index (χ1) is 8.81. The number of carbonyl (C=O) groups is 2. The third kappa shape index (κ3) is 3.51. The Hall–Kier alpha value is -1.95. The highest BCUT2D eigenvalue weighted by molar-refractivity contribution is 5.99. The highest BCUT2D eigenvalue weighted by atomic mass is 19.1. The van der Waals surface area contributed by atoms with Gasteiger partial charge >= 0.3 is 5.97 Å². The van der Waals surface area contributed by atoms with E-state index in [2.05, 4.69) is 15.4 Å². The predicted octanol–water partition coefficient (Wildman–Crippen LogP) is 1.55. The van der Waals surface area contributed by atoms with Crippen LogP contribution >= 0.6 is 0 Å². The van der Waals surface area contributed by atoms with Crippen molar-refractivity contribution in [3.8, 4) is 0 Å². The van der Waals surface area contributed by atoms with Crippen LogP contribution in [0.2, 0.25) is 0 Å².